The first kappa shape index (κ1) is 10.3. The Morgan fingerprint density at radius 2 is 2.07 bits per heavy atom. The number of benzene rings is 1. The Balaban J connectivity index is 2.55. The predicted molar refractivity (Wildman–Crippen MR) is 59.5 cm³/mol. The third-order valence-electron chi connectivity index (χ3n) is 1.94. The number of hydrogen-bond acceptors (Lipinski definition) is 4. The van der Waals surface area contributed by atoms with E-state index >= 15 is 0 Å². The van der Waals surface area contributed by atoms with Crippen molar-refractivity contribution in [2.45, 2.75) is 5.92 Å². The fraction of sp³-hybridized carbons (Fsp3) is 0.100. The van der Waals surface area contributed by atoms with Crippen LogP contribution >= 0.6 is 22.9 Å². The van der Waals surface area contributed by atoms with E-state index in [0.29, 0.717) is 22.6 Å². The first-order valence-electron chi connectivity index (χ1n) is 4.21. The smallest absolute Gasteiger partial charge is 0.137 e. The van der Waals surface area contributed by atoms with Crippen molar-refractivity contribution in [2.75, 3.05) is 0 Å². The minimum absolute atomic E-state index is 0.511. The fourth-order valence-corrected chi connectivity index (χ4v) is 2.34. The molecule has 15 heavy (non-hydrogen) atoms. The van der Waals surface area contributed by atoms with E-state index in [2.05, 4.69) is 4.98 Å². The molecule has 1 aromatic heterocycles. The second-order valence-electron chi connectivity index (χ2n) is 2.96. The number of halogens is 1. The maximum Gasteiger partial charge on any atom is 0.137 e. The number of carbonyl (C=O) groups excluding carboxylic acids is 2. The molecule has 0 aliphatic carbocycles. The third-order valence-corrected chi connectivity index (χ3v) is 3.32. The third kappa shape index (κ3) is 1.91. The minimum atomic E-state index is -0.763. The molecule has 1 aromatic carbocycles. The second kappa shape index (κ2) is 4.08. The van der Waals surface area contributed by atoms with Gasteiger partial charge in [-0.2, -0.15) is 0 Å². The predicted octanol–water partition coefficient (Wildman–Crippen LogP) is 2.43. The van der Waals surface area contributed by atoms with Crippen LogP contribution in [0.1, 0.15) is 10.9 Å². The van der Waals surface area contributed by atoms with Crippen LogP contribution < -0.4 is 0 Å². The molecular formula is C10H6ClNO2S. The summed E-state index contributed by atoms with van der Waals surface area (Å²) in [6.07, 6.45) is 1.18. The van der Waals surface area contributed by atoms with Crippen molar-refractivity contribution in [3.05, 3.63) is 28.2 Å². The molecule has 1 heterocycles. The van der Waals surface area contributed by atoms with E-state index in [1.54, 1.807) is 12.1 Å². The Morgan fingerprint density at radius 3 is 2.73 bits per heavy atom. The monoisotopic (exact) mass is 239 g/mol. The largest absolute Gasteiger partial charge is 0.302 e. The lowest BCUT2D eigenvalue weighted by Gasteiger charge is -1.92. The van der Waals surface area contributed by atoms with Crippen molar-refractivity contribution in [1.29, 1.82) is 0 Å². The van der Waals surface area contributed by atoms with E-state index in [-0.39, 0.29) is 0 Å². The minimum Gasteiger partial charge on any atom is -0.302 e. The van der Waals surface area contributed by atoms with Gasteiger partial charge < -0.3 is 9.59 Å². The molecule has 5 heteroatoms. The van der Waals surface area contributed by atoms with Crippen LogP contribution in [-0.4, -0.2) is 17.6 Å². The molecule has 0 saturated heterocycles. The highest BCUT2D eigenvalue weighted by atomic mass is 35.5. The van der Waals surface area contributed by atoms with E-state index in [4.69, 9.17) is 11.6 Å². The van der Waals surface area contributed by atoms with Gasteiger partial charge in [-0.3, -0.25) is 0 Å². The molecule has 0 unspecified atom stereocenters. The number of aromatic nitrogens is 1. The van der Waals surface area contributed by atoms with Gasteiger partial charge >= 0.3 is 0 Å². The molecule has 0 fully saturated rings. The van der Waals surface area contributed by atoms with Crippen LogP contribution in [0.5, 0.6) is 0 Å². The Morgan fingerprint density at radius 1 is 1.33 bits per heavy atom. The number of fused-ring (bicyclic) bond motifs is 1. The lowest BCUT2D eigenvalue weighted by Crippen LogP contribution is -1.99. The molecule has 0 saturated carbocycles. The molecule has 0 spiro atoms. The summed E-state index contributed by atoms with van der Waals surface area (Å²) in [5.74, 6) is -0.763. The summed E-state index contributed by atoms with van der Waals surface area (Å²) in [5.41, 5.74) is 0.719. The Kier molecular flexibility index (Phi) is 2.79. The molecule has 76 valence electrons. The topological polar surface area (TPSA) is 47.0 Å². The summed E-state index contributed by atoms with van der Waals surface area (Å²) in [6, 6.07) is 5.29. The maximum absolute atomic E-state index is 10.6. The number of nitrogens with zero attached hydrogens (tertiary/aromatic N) is 1. The lowest BCUT2D eigenvalue weighted by atomic mass is 10.2. The van der Waals surface area contributed by atoms with Crippen molar-refractivity contribution in [1.82, 2.24) is 4.98 Å². The highest BCUT2D eigenvalue weighted by Gasteiger charge is 2.14. The van der Waals surface area contributed by atoms with E-state index in [9.17, 15) is 9.59 Å². The molecule has 0 bridgehead atoms. The van der Waals surface area contributed by atoms with Crippen LogP contribution in [-0.2, 0) is 9.59 Å². The Hall–Kier alpha value is -1.26. The standard InChI is InChI=1S/C10H6ClNO2S/c11-7-1-2-9-8(3-7)12-10(15-9)6(4-13)5-14/h1-6H. The Labute approximate surface area is 94.7 Å². The van der Waals surface area contributed by atoms with Gasteiger partial charge in [-0.25, -0.2) is 4.98 Å². The number of aldehydes is 2. The number of hydrogen-bond donors (Lipinski definition) is 0. The van der Waals surface area contributed by atoms with Crippen molar-refractivity contribution in [2.24, 2.45) is 0 Å². The van der Waals surface area contributed by atoms with Gasteiger partial charge in [0.1, 0.15) is 23.5 Å². The van der Waals surface area contributed by atoms with Gasteiger partial charge in [0.2, 0.25) is 0 Å². The molecule has 0 aliphatic rings. The van der Waals surface area contributed by atoms with Crippen LogP contribution in [0.15, 0.2) is 18.2 Å². The highest BCUT2D eigenvalue weighted by Crippen LogP contribution is 2.27. The molecule has 2 aromatic rings. The van der Waals surface area contributed by atoms with E-state index in [0.717, 1.165) is 10.2 Å². The quantitative estimate of drug-likeness (QED) is 0.611. The van der Waals surface area contributed by atoms with Crippen molar-refractivity contribution >= 4 is 45.7 Å². The van der Waals surface area contributed by atoms with Gasteiger partial charge in [0.15, 0.2) is 0 Å². The Bertz CT molecular complexity index is 515. The van der Waals surface area contributed by atoms with Gasteiger partial charge in [0.25, 0.3) is 0 Å². The van der Waals surface area contributed by atoms with E-state index < -0.39 is 5.92 Å². The molecule has 0 amide bonds. The molecular weight excluding hydrogens is 234 g/mol. The van der Waals surface area contributed by atoms with Crippen LogP contribution in [0, 0.1) is 0 Å². The SMILES string of the molecule is O=CC(C=O)c1nc2cc(Cl)ccc2s1. The van der Waals surface area contributed by atoms with E-state index in [1.165, 1.54) is 11.3 Å². The molecule has 2 rings (SSSR count). The van der Waals surface area contributed by atoms with Gasteiger partial charge in [0.05, 0.1) is 10.2 Å². The van der Waals surface area contributed by atoms with E-state index in [1.807, 2.05) is 6.07 Å². The zero-order valence-corrected chi connectivity index (χ0v) is 9.09. The zero-order chi connectivity index (χ0) is 10.8. The number of rotatable bonds is 3. The van der Waals surface area contributed by atoms with Crippen molar-refractivity contribution < 1.29 is 9.59 Å². The summed E-state index contributed by atoms with van der Waals surface area (Å²) in [6.45, 7) is 0. The average Bonchev–Trinajstić information content (AvgIpc) is 2.62. The van der Waals surface area contributed by atoms with Gasteiger partial charge in [-0.15, -0.1) is 11.3 Å². The summed E-state index contributed by atoms with van der Waals surface area (Å²) < 4.78 is 0.920. The summed E-state index contributed by atoms with van der Waals surface area (Å²) >= 11 is 7.13. The van der Waals surface area contributed by atoms with Crippen LogP contribution in [0.25, 0.3) is 10.2 Å². The van der Waals surface area contributed by atoms with Gasteiger partial charge in [-0.05, 0) is 18.2 Å². The van der Waals surface area contributed by atoms with Crippen LogP contribution in [0.3, 0.4) is 0 Å². The van der Waals surface area contributed by atoms with Crippen molar-refractivity contribution in [3.63, 3.8) is 0 Å². The average molecular weight is 240 g/mol. The summed E-state index contributed by atoms with van der Waals surface area (Å²) in [7, 11) is 0. The van der Waals surface area contributed by atoms with Crippen molar-refractivity contribution in [3.8, 4) is 0 Å². The molecule has 0 N–H and O–H groups in total. The molecule has 0 aliphatic heterocycles. The molecule has 3 nitrogen and oxygen atoms in total. The summed E-state index contributed by atoms with van der Waals surface area (Å²) in [4.78, 5) is 25.4. The normalized spacial score (nSPS) is 10.8. The number of carbonyl (C=O) groups is 2. The molecule has 0 radical (unpaired) electrons. The second-order valence-corrected chi connectivity index (χ2v) is 4.46. The fourth-order valence-electron chi connectivity index (χ4n) is 1.21. The zero-order valence-electron chi connectivity index (χ0n) is 7.51. The first-order chi connectivity index (χ1) is 7.24. The van der Waals surface area contributed by atoms with Gasteiger partial charge in [0, 0.05) is 5.02 Å². The number of thiazole rings is 1. The maximum atomic E-state index is 10.6. The van der Waals surface area contributed by atoms with Gasteiger partial charge in [-0.1, -0.05) is 11.6 Å². The lowest BCUT2D eigenvalue weighted by molar-refractivity contribution is -0.116. The first-order valence-corrected chi connectivity index (χ1v) is 5.40. The van der Waals surface area contributed by atoms with Crippen LogP contribution in [0.4, 0.5) is 0 Å². The highest BCUT2D eigenvalue weighted by molar-refractivity contribution is 7.18. The summed E-state index contributed by atoms with van der Waals surface area (Å²) in [5, 5.41) is 1.10. The van der Waals surface area contributed by atoms with Crippen LogP contribution in [0.2, 0.25) is 5.02 Å². The molecule has 0 atom stereocenters.